The van der Waals surface area contributed by atoms with Gasteiger partial charge in [0.15, 0.2) is 0 Å². The van der Waals surface area contributed by atoms with Gasteiger partial charge >= 0.3 is 0 Å². The molecule has 2 aromatic heterocycles. The second kappa shape index (κ2) is 5.79. The molecule has 0 spiro atoms. The molecule has 1 N–H and O–H groups in total. The van der Waals surface area contributed by atoms with Crippen LogP contribution in [0.3, 0.4) is 0 Å². The number of ether oxygens (including phenoxy) is 1. The smallest absolute Gasteiger partial charge is 0.241 e. The standard InChI is InChI=1S/C12H15N3O3S/c16-7-9-8-17-4-3-15(9)6-11-13-12(14-18-11)10-2-1-5-19-10/h1-2,5,9,16H,3-4,6-8H2. The van der Waals surface area contributed by atoms with Crippen molar-refractivity contribution in [2.24, 2.45) is 0 Å². The summed E-state index contributed by atoms with van der Waals surface area (Å²) in [6, 6.07) is 3.93. The zero-order valence-electron chi connectivity index (χ0n) is 10.4. The average molecular weight is 281 g/mol. The van der Waals surface area contributed by atoms with Crippen LogP contribution in [-0.2, 0) is 11.3 Å². The van der Waals surface area contributed by atoms with E-state index >= 15 is 0 Å². The number of thiophene rings is 1. The minimum atomic E-state index is 0.00541. The van der Waals surface area contributed by atoms with Crippen LogP contribution in [0.2, 0.25) is 0 Å². The number of aromatic nitrogens is 2. The molecule has 1 fully saturated rings. The van der Waals surface area contributed by atoms with Crippen LogP contribution in [0.15, 0.2) is 22.0 Å². The molecule has 0 saturated carbocycles. The van der Waals surface area contributed by atoms with Gasteiger partial charge in [0, 0.05) is 6.54 Å². The quantitative estimate of drug-likeness (QED) is 0.901. The van der Waals surface area contributed by atoms with Crippen LogP contribution in [-0.4, -0.2) is 52.6 Å². The van der Waals surface area contributed by atoms with E-state index in [0.717, 1.165) is 11.4 Å². The Balaban J connectivity index is 1.69. The van der Waals surface area contributed by atoms with E-state index in [2.05, 4.69) is 15.0 Å². The number of aliphatic hydroxyl groups excluding tert-OH is 1. The summed E-state index contributed by atoms with van der Waals surface area (Å²) in [6.07, 6.45) is 0. The first-order valence-electron chi connectivity index (χ1n) is 6.16. The Labute approximate surface area is 114 Å². The molecule has 19 heavy (non-hydrogen) atoms. The molecule has 0 aliphatic carbocycles. The maximum atomic E-state index is 9.31. The van der Waals surface area contributed by atoms with E-state index in [1.807, 2.05) is 17.5 Å². The van der Waals surface area contributed by atoms with Crippen molar-refractivity contribution in [1.82, 2.24) is 15.0 Å². The second-order valence-electron chi connectivity index (χ2n) is 4.37. The molecular weight excluding hydrogens is 266 g/mol. The van der Waals surface area contributed by atoms with Crippen molar-refractivity contribution < 1.29 is 14.4 Å². The van der Waals surface area contributed by atoms with Crippen molar-refractivity contribution in [3.8, 4) is 10.7 Å². The minimum absolute atomic E-state index is 0.00541. The van der Waals surface area contributed by atoms with Crippen LogP contribution in [0.4, 0.5) is 0 Å². The van der Waals surface area contributed by atoms with E-state index in [0.29, 0.717) is 31.5 Å². The predicted molar refractivity (Wildman–Crippen MR) is 69.7 cm³/mol. The molecule has 0 amide bonds. The van der Waals surface area contributed by atoms with Gasteiger partial charge < -0.3 is 14.4 Å². The number of nitrogens with zero attached hydrogens (tertiary/aromatic N) is 3. The third kappa shape index (κ3) is 2.84. The zero-order valence-corrected chi connectivity index (χ0v) is 11.2. The Bertz CT molecular complexity index is 514. The SMILES string of the molecule is OCC1COCCN1Cc1nc(-c2cccs2)no1. The van der Waals surface area contributed by atoms with Crippen molar-refractivity contribution in [1.29, 1.82) is 0 Å². The highest BCUT2D eigenvalue weighted by Gasteiger charge is 2.24. The molecule has 102 valence electrons. The highest BCUT2D eigenvalue weighted by molar-refractivity contribution is 7.13. The maximum absolute atomic E-state index is 9.31. The highest BCUT2D eigenvalue weighted by atomic mass is 32.1. The van der Waals surface area contributed by atoms with Crippen LogP contribution in [0.25, 0.3) is 10.7 Å². The first-order chi connectivity index (χ1) is 9.36. The lowest BCUT2D eigenvalue weighted by atomic mass is 10.2. The lowest BCUT2D eigenvalue weighted by Gasteiger charge is -2.33. The van der Waals surface area contributed by atoms with Gasteiger partial charge in [-0.2, -0.15) is 4.98 Å². The summed E-state index contributed by atoms with van der Waals surface area (Å²) in [5.41, 5.74) is 0. The second-order valence-corrected chi connectivity index (χ2v) is 5.32. The number of hydrogen-bond acceptors (Lipinski definition) is 7. The van der Waals surface area contributed by atoms with E-state index < -0.39 is 0 Å². The summed E-state index contributed by atoms with van der Waals surface area (Å²) >= 11 is 1.58. The molecule has 3 rings (SSSR count). The fourth-order valence-electron chi connectivity index (χ4n) is 2.06. The van der Waals surface area contributed by atoms with E-state index in [1.54, 1.807) is 11.3 Å². The van der Waals surface area contributed by atoms with Crippen LogP contribution in [0.5, 0.6) is 0 Å². The van der Waals surface area contributed by atoms with Crippen LogP contribution in [0.1, 0.15) is 5.89 Å². The number of morpholine rings is 1. The van der Waals surface area contributed by atoms with Crippen molar-refractivity contribution in [2.75, 3.05) is 26.4 Å². The van der Waals surface area contributed by atoms with Gasteiger partial charge in [-0.25, -0.2) is 0 Å². The summed E-state index contributed by atoms with van der Waals surface area (Å²) in [5, 5.41) is 15.3. The normalized spacial score (nSPS) is 20.8. The van der Waals surface area contributed by atoms with E-state index in [-0.39, 0.29) is 12.6 Å². The summed E-state index contributed by atoms with van der Waals surface area (Å²) in [7, 11) is 0. The summed E-state index contributed by atoms with van der Waals surface area (Å²) in [5.74, 6) is 1.20. The van der Waals surface area contributed by atoms with Gasteiger partial charge in [0.2, 0.25) is 11.7 Å². The molecule has 3 heterocycles. The van der Waals surface area contributed by atoms with Gasteiger partial charge in [-0.15, -0.1) is 11.3 Å². The van der Waals surface area contributed by atoms with Gasteiger partial charge in [0.1, 0.15) is 0 Å². The molecular formula is C12H15N3O3S. The summed E-state index contributed by atoms with van der Waals surface area (Å²) < 4.78 is 10.6. The molecule has 0 aromatic carbocycles. The van der Waals surface area contributed by atoms with Gasteiger partial charge in [-0.3, -0.25) is 4.90 Å². The lowest BCUT2D eigenvalue weighted by molar-refractivity contribution is -0.0348. The number of aliphatic hydroxyl groups is 1. The Morgan fingerprint density at radius 1 is 1.53 bits per heavy atom. The van der Waals surface area contributed by atoms with Crippen molar-refractivity contribution in [2.45, 2.75) is 12.6 Å². The lowest BCUT2D eigenvalue weighted by Crippen LogP contribution is -2.46. The minimum Gasteiger partial charge on any atom is -0.395 e. The molecule has 7 heteroatoms. The number of hydrogen-bond donors (Lipinski definition) is 1. The van der Waals surface area contributed by atoms with E-state index in [4.69, 9.17) is 9.26 Å². The molecule has 0 radical (unpaired) electrons. The fourth-order valence-corrected chi connectivity index (χ4v) is 2.71. The Hall–Kier alpha value is -1.28. The topological polar surface area (TPSA) is 71.6 Å². The Morgan fingerprint density at radius 2 is 2.47 bits per heavy atom. The first kappa shape index (κ1) is 12.7. The monoisotopic (exact) mass is 281 g/mol. The van der Waals surface area contributed by atoms with E-state index in [9.17, 15) is 5.11 Å². The van der Waals surface area contributed by atoms with Gasteiger partial charge in [0.05, 0.1) is 37.3 Å². The van der Waals surface area contributed by atoms with Crippen LogP contribution < -0.4 is 0 Å². The van der Waals surface area contributed by atoms with Gasteiger partial charge in [-0.05, 0) is 11.4 Å². The summed E-state index contributed by atoms with van der Waals surface area (Å²) in [6.45, 7) is 2.60. The molecule has 1 unspecified atom stereocenters. The first-order valence-corrected chi connectivity index (χ1v) is 7.04. The summed E-state index contributed by atoms with van der Waals surface area (Å²) in [4.78, 5) is 7.49. The Kier molecular flexibility index (Phi) is 3.88. The largest absolute Gasteiger partial charge is 0.395 e. The van der Waals surface area contributed by atoms with Crippen LogP contribution in [0, 0.1) is 0 Å². The third-order valence-electron chi connectivity index (χ3n) is 3.11. The highest BCUT2D eigenvalue weighted by Crippen LogP contribution is 2.22. The van der Waals surface area contributed by atoms with Crippen molar-refractivity contribution in [3.05, 3.63) is 23.4 Å². The Morgan fingerprint density at radius 3 is 3.26 bits per heavy atom. The number of rotatable bonds is 4. The van der Waals surface area contributed by atoms with Crippen molar-refractivity contribution >= 4 is 11.3 Å². The molecule has 1 saturated heterocycles. The molecule has 2 aromatic rings. The molecule has 1 aliphatic heterocycles. The van der Waals surface area contributed by atoms with Crippen molar-refractivity contribution in [3.63, 3.8) is 0 Å². The third-order valence-corrected chi connectivity index (χ3v) is 3.97. The molecule has 1 atom stereocenters. The predicted octanol–water partition coefficient (Wildman–Crippen LogP) is 0.991. The van der Waals surface area contributed by atoms with Gasteiger partial charge in [-0.1, -0.05) is 11.2 Å². The van der Waals surface area contributed by atoms with Crippen LogP contribution >= 0.6 is 11.3 Å². The molecule has 6 nitrogen and oxygen atoms in total. The fraction of sp³-hybridized carbons (Fsp3) is 0.500. The van der Waals surface area contributed by atoms with E-state index in [1.165, 1.54) is 0 Å². The average Bonchev–Trinajstić information content (AvgIpc) is 3.09. The zero-order chi connectivity index (χ0) is 13.1. The molecule has 0 bridgehead atoms. The maximum Gasteiger partial charge on any atom is 0.241 e. The van der Waals surface area contributed by atoms with Gasteiger partial charge in [0.25, 0.3) is 0 Å². The molecule has 1 aliphatic rings.